The average molecular weight is 417 g/mol. The van der Waals surface area contributed by atoms with Crippen molar-refractivity contribution in [3.8, 4) is 0 Å². The van der Waals surface area contributed by atoms with E-state index in [2.05, 4.69) is 22.2 Å². The molecule has 1 heterocycles. The fourth-order valence-corrected chi connectivity index (χ4v) is 3.18. The Bertz CT molecular complexity index is 1070. The third-order valence-electron chi connectivity index (χ3n) is 4.43. The van der Waals surface area contributed by atoms with Gasteiger partial charge in [0, 0.05) is 5.02 Å². The number of fused-ring (bicyclic) bond motifs is 1. The molecule has 3 aromatic rings. The normalized spacial score (nSPS) is 11.2. The Hall–Kier alpha value is -2.77. The number of rotatable bonds is 8. The lowest BCUT2D eigenvalue weighted by Crippen LogP contribution is -2.34. The van der Waals surface area contributed by atoms with Crippen LogP contribution >= 0.6 is 11.6 Å². The highest BCUT2D eigenvalue weighted by Crippen LogP contribution is 2.19. The smallest absolute Gasteiger partial charge is 0.258 e. The van der Waals surface area contributed by atoms with E-state index < -0.39 is 5.82 Å². The summed E-state index contributed by atoms with van der Waals surface area (Å²) in [6, 6.07) is 11.1. The Morgan fingerprint density at radius 2 is 2.07 bits per heavy atom. The maximum atomic E-state index is 13.9. The van der Waals surface area contributed by atoms with Gasteiger partial charge < -0.3 is 10.3 Å². The van der Waals surface area contributed by atoms with Gasteiger partial charge in [0.25, 0.3) is 5.56 Å². The molecule has 0 bridgehead atoms. The number of H-pyrrole nitrogens is 1. The molecule has 0 aliphatic heterocycles. The summed E-state index contributed by atoms with van der Waals surface area (Å²) in [5.74, 6) is -0.444. The van der Waals surface area contributed by atoms with Crippen LogP contribution in [0.25, 0.3) is 10.9 Å². The van der Waals surface area contributed by atoms with E-state index in [9.17, 15) is 14.0 Å². The first-order valence-corrected chi connectivity index (χ1v) is 9.79. The number of aromatic nitrogens is 2. The number of anilines is 1. The topological polar surface area (TPSA) is 78.1 Å². The molecule has 0 radical (unpaired) electrons. The fraction of sp³-hybridized carbons (Fsp3) is 0.286. The van der Waals surface area contributed by atoms with Gasteiger partial charge in [-0.15, -0.1) is 0 Å². The molecule has 2 N–H and O–H groups in total. The Labute approximate surface area is 172 Å². The van der Waals surface area contributed by atoms with E-state index >= 15 is 0 Å². The first kappa shape index (κ1) is 21.0. The van der Waals surface area contributed by atoms with Crippen molar-refractivity contribution in [3.63, 3.8) is 0 Å². The summed E-state index contributed by atoms with van der Waals surface area (Å²) in [4.78, 5) is 33.9. The number of para-hydroxylation sites is 1. The number of halogens is 2. The molecule has 8 heteroatoms. The van der Waals surface area contributed by atoms with Gasteiger partial charge in [0.05, 0.1) is 29.7 Å². The number of carbonyl (C=O) groups is 1. The van der Waals surface area contributed by atoms with Crippen molar-refractivity contribution in [1.82, 2.24) is 14.9 Å². The van der Waals surface area contributed by atoms with Crippen molar-refractivity contribution in [2.45, 2.75) is 26.3 Å². The molecule has 1 amide bonds. The molecule has 0 atom stereocenters. The van der Waals surface area contributed by atoms with Gasteiger partial charge in [0.2, 0.25) is 5.91 Å². The molecule has 0 spiro atoms. The molecule has 0 aliphatic carbocycles. The van der Waals surface area contributed by atoms with Crippen molar-refractivity contribution in [2.24, 2.45) is 0 Å². The fourth-order valence-electron chi connectivity index (χ4n) is 3.00. The Balaban J connectivity index is 1.75. The summed E-state index contributed by atoms with van der Waals surface area (Å²) in [6.45, 7) is 3.02. The van der Waals surface area contributed by atoms with Crippen molar-refractivity contribution in [3.05, 3.63) is 69.5 Å². The molecule has 0 aliphatic rings. The molecule has 0 fully saturated rings. The minimum Gasteiger partial charge on any atom is -0.322 e. The number of benzene rings is 2. The summed E-state index contributed by atoms with van der Waals surface area (Å²) in [6.07, 6.45) is 1.82. The summed E-state index contributed by atoms with van der Waals surface area (Å²) >= 11 is 5.87. The number of nitrogens with one attached hydrogen (secondary N) is 2. The minimum atomic E-state index is -0.552. The van der Waals surface area contributed by atoms with E-state index in [4.69, 9.17) is 11.6 Å². The van der Waals surface area contributed by atoms with Crippen molar-refractivity contribution < 1.29 is 9.18 Å². The number of unbranched alkanes of at least 4 members (excludes halogenated alkanes) is 1. The zero-order valence-electron chi connectivity index (χ0n) is 16.0. The second-order valence-electron chi connectivity index (χ2n) is 6.77. The van der Waals surface area contributed by atoms with Crippen LogP contribution in [0.1, 0.15) is 25.6 Å². The van der Waals surface area contributed by atoms with Gasteiger partial charge in [-0.2, -0.15) is 0 Å². The van der Waals surface area contributed by atoms with Crippen LogP contribution in [-0.2, 0) is 11.3 Å². The lowest BCUT2D eigenvalue weighted by atomic mass is 10.2. The van der Waals surface area contributed by atoms with Gasteiger partial charge in [-0.05, 0) is 43.3 Å². The number of hydrogen-bond donors (Lipinski definition) is 2. The minimum absolute atomic E-state index is 0.0302. The lowest BCUT2D eigenvalue weighted by Gasteiger charge is -2.21. The maximum Gasteiger partial charge on any atom is 0.258 e. The number of amides is 1. The molecule has 6 nitrogen and oxygen atoms in total. The molecular formula is C21H22ClFN4O2. The van der Waals surface area contributed by atoms with Gasteiger partial charge in [-0.3, -0.25) is 14.5 Å². The Kier molecular flexibility index (Phi) is 6.95. The summed E-state index contributed by atoms with van der Waals surface area (Å²) < 4.78 is 13.9. The largest absolute Gasteiger partial charge is 0.322 e. The van der Waals surface area contributed by atoms with Crippen LogP contribution in [0, 0.1) is 5.82 Å². The Morgan fingerprint density at radius 1 is 1.28 bits per heavy atom. The third-order valence-corrected chi connectivity index (χ3v) is 4.67. The molecule has 0 saturated heterocycles. The van der Waals surface area contributed by atoms with Crippen molar-refractivity contribution >= 4 is 34.1 Å². The number of aromatic amines is 1. The second kappa shape index (κ2) is 9.62. The summed E-state index contributed by atoms with van der Waals surface area (Å²) in [5.41, 5.74) is 0.425. The highest BCUT2D eigenvalue weighted by atomic mass is 35.5. The maximum absolute atomic E-state index is 13.9. The quantitative estimate of drug-likeness (QED) is 0.582. The van der Waals surface area contributed by atoms with E-state index in [0.717, 1.165) is 12.8 Å². The van der Waals surface area contributed by atoms with Crippen LogP contribution in [0.15, 0.2) is 47.3 Å². The van der Waals surface area contributed by atoms with Crippen LogP contribution in [0.2, 0.25) is 5.02 Å². The molecule has 1 aromatic heterocycles. The van der Waals surface area contributed by atoms with Gasteiger partial charge in [0.15, 0.2) is 0 Å². The molecule has 3 rings (SSSR count). The number of hydrogen-bond acceptors (Lipinski definition) is 4. The lowest BCUT2D eigenvalue weighted by molar-refractivity contribution is -0.117. The molecule has 2 aromatic carbocycles. The number of nitrogens with zero attached hydrogens (tertiary/aromatic N) is 2. The average Bonchev–Trinajstić information content (AvgIpc) is 2.69. The van der Waals surface area contributed by atoms with E-state index in [1.807, 2.05) is 11.0 Å². The molecule has 0 saturated carbocycles. The van der Waals surface area contributed by atoms with E-state index in [1.165, 1.54) is 18.2 Å². The van der Waals surface area contributed by atoms with Crippen LogP contribution in [0.5, 0.6) is 0 Å². The zero-order valence-corrected chi connectivity index (χ0v) is 16.8. The molecule has 0 unspecified atom stereocenters. The van der Waals surface area contributed by atoms with Crippen LogP contribution in [-0.4, -0.2) is 33.9 Å². The van der Waals surface area contributed by atoms with E-state index in [0.29, 0.717) is 34.8 Å². The predicted octanol–water partition coefficient (Wildman–Crippen LogP) is 3.96. The first-order chi connectivity index (χ1) is 14.0. The van der Waals surface area contributed by atoms with Gasteiger partial charge >= 0.3 is 0 Å². The predicted molar refractivity (Wildman–Crippen MR) is 113 cm³/mol. The zero-order chi connectivity index (χ0) is 20.8. The first-order valence-electron chi connectivity index (χ1n) is 9.41. The van der Waals surface area contributed by atoms with E-state index in [1.54, 1.807) is 18.2 Å². The van der Waals surface area contributed by atoms with Gasteiger partial charge in [-0.1, -0.05) is 37.1 Å². The highest BCUT2D eigenvalue weighted by Gasteiger charge is 2.15. The van der Waals surface area contributed by atoms with Crippen LogP contribution < -0.4 is 10.9 Å². The SMILES string of the molecule is CCCCN(CC(=O)Nc1cc(Cl)ccc1F)Cc1nc2ccccc2c(=O)[nH]1. The monoisotopic (exact) mass is 416 g/mol. The standard InChI is InChI=1S/C21H22ClFN4O2/c1-2-3-10-27(13-20(28)25-18-11-14(22)8-9-16(18)23)12-19-24-17-7-5-4-6-15(17)21(29)26-19/h4-9,11H,2-3,10,12-13H2,1H3,(H,25,28)(H,24,26,29). The second-order valence-corrected chi connectivity index (χ2v) is 7.20. The highest BCUT2D eigenvalue weighted by molar-refractivity contribution is 6.30. The van der Waals surface area contributed by atoms with Crippen LogP contribution in [0.4, 0.5) is 10.1 Å². The molecule has 29 heavy (non-hydrogen) atoms. The van der Waals surface area contributed by atoms with Gasteiger partial charge in [0.1, 0.15) is 11.6 Å². The Morgan fingerprint density at radius 3 is 2.86 bits per heavy atom. The van der Waals surface area contributed by atoms with Crippen LogP contribution in [0.3, 0.4) is 0 Å². The van der Waals surface area contributed by atoms with Gasteiger partial charge in [-0.25, -0.2) is 9.37 Å². The summed E-state index contributed by atoms with van der Waals surface area (Å²) in [7, 11) is 0. The third kappa shape index (κ3) is 5.62. The van der Waals surface area contributed by atoms with Crippen molar-refractivity contribution in [1.29, 1.82) is 0 Å². The van der Waals surface area contributed by atoms with Crippen molar-refractivity contribution in [2.75, 3.05) is 18.4 Å². The van der Waals surface area contributed by atoms with E-state index in [-0.39, 0.29) is 23.7 Å². The summed E-state index contributed by atoms with van der Waals surface area (Å²) in [5, 5.41) is 3.41. The molecule has 152 valence electrons. The molecular weight excluding hydrogens is 395 g/mol. The number of carbonyl (C=O) groups excluding carboxylic acids is 1.